The molecule has 0 aliphatic carbocycles. The SMILES string of the molecule is Fc1ccccc1CSc1nc2ccccc2c2nc(-c3ccccc3)nn12. The summed E-state index contributed by atoms with van der Waals surface area (Å²) in [6.07, 6.45) is 0. The number of hydrogen-bond donors (Lipinski definition) is 0. The molecule has 0 saturated heterocycles. The Bertz CT molecular complexity index is 1280. The summed E-state index contributed by atoms with van der Waals surface area (Å²) in [5.41, 5.74) is 3.18. The largest absolute Gasteiger partial charge is 0.222 e. The van der Waals surface area contributed by atoms with Crippen molar-refractivity contribution in [3.8, 4) is 11.4 Å². The van der Waals surface area contributed by atoms with Gasteiger partial charge in [-0.25, -0.2) is 14.4 Å². The van der Waals surface area contributed by atoms with Crippen LogP contribution in [0.1, 0.15) is 5.56 Å². The summed E-state index contributed by atoms with van der Waals surface area (Å²) in [6.45, 7) is 0. The molecule has 0 amide bonds. The third kappa shape index (κ3) is 3.01. The molecule has 0 aliphatic rings. The van der Waals surface area contributed by atoms with Crippen LogP contribution in [-0.4, -0.2) is 19.6 Å². The fourth-order valence-corrected chi connectivity index (χ4v) is 4.02. The first kappa shape index (κ1) is 16.9. The molecule has 4 nitrogen and oxygen atoms in total. The van der Waals surface area contributed by atoms with Gasteiger partial charge in [-0.2, -0.15) is 4.52 Å². The number of fused-ring (bicyclic) bond motifs is 3. The zero-order valence-electron chi connectivity index (χ0n) is 14.8. The first-order valence-electron chi connectivity index (χ1n) is 8.87. The summed E-state index contributed by atoms with van der Waals surface area (Å²) >= 11 is 1.45. The van der Waals surface area contributed by atoms with E-state index in [1.807, 2.05) is 60.7 Å². The van der Waals surface area contributed by atoms with E-state index in [4.69, 9.17) is 15.1 Å². The monoisotopic (exact) mass is 386 g/mol. The van der Waals surface area contributed by atoms with E-state index in [0.29, 0.717) is 22.3 Å². The van der Waals surface area contributed by atoms with Crippen molar-refractivity contribution in [1.82, 2.24) is 19.6 Å². The average molecular weight is 386 g/mol. The molecule has 0 fully saturated rings. The van der Waals surface area contributed by atoms with Crippen molar-refractivity contribution in [1.29, 1.82) is 0 Å². The minimum Gasteiger partial charge on any atom is -0.222 e. The first-order chi connectivity index (χ1) is 13.8. The lowest BCUT2D eigenvalue weighted by Crippen LogP contribution is -1.99. The Kier molecular flexibility index (Phi) is 4.25. The van der Waals surface area contributed by atoms with Gasteiger partial charge in [-0.15, -0.1) is 5.10 Å². The lowest BCUT2D eigenvalue weighted by atomic mass is 10.2. The van der Waals surface area contributed by atoms with Gasteiger partial charge in [-0.05, 0) is 23.8 Å². The van der Waals surface area contributed by atoms with Gasteiger partial charge < -0.3 is 0 Å². The highest BCUT2D eigenvalue weighted by atomic mass is 32.2. The van der Waals surface area contributed by atoms with E-state index in [2.05, 4.69) is 0 Å². The van der Waals surface area contributed by atoms with E-state index < -0.39 is 0 Å². The molecule has 136 valence electrons. The van der Waals surface area contributed by atoms with Crippen molar-refractivity contribution in [2.75, 3.05) is 0 Å². The Labute approximate surface area is 165 Å². The average Bonchev–Trinajstić information content (AvgIpc) is 3.20. The van der Waals surface area contributed by atoms with Crippen LogP contribution in [0.3, 0.4) is 0 Å². The summed E-state index contributed by atoms with van der Waals surface area (Å²) in [5.74, 6) is 0.898. The quantitative estimate of drug-likeness (QED) is 0.307. The molecule has 0 N–H and O–H groups in total. The standard InChI is InChI=1S/C22H15FN4S/c23-18-12-6-4-10-16(18)14-28-22-24-19-13-7-5-11-17(19)21-25-20(26-27(21)22)15-8-2-1-3-9-15/h1-13H,14H2. The number of benzene rings is 3. The van der Waals surface area contributed by atoms with Gasteiger partial charge >= 0.3 is 0 Å². The van der Waals surface area contributed by atoms with Gasteiger partial charge in [-0.3, -0.25) is 0 Å². The van der Waals surface area contributed by atoms with Crippen LogP contribution >= 0.6 is 11.8 Å². The molecule has 0 aliphatic heterocycles. The van der Waals surface area contributed by atoms with E-state index in [1.54, 1.807) is 16.6 Å². The van der Waals surface area contributed by atoms with Crippen LogP contribution in [0.5, 0.6) is 0 Å². The molecule has 6 heteroatoms. The highest BCUT2D eigenvalue weighted by molar-refractivity contribution is 7.98. The summed E-state index contributed by atoms with van der Waals surface area (Å²) in [4.78, 5) is 9.52. The van der Waals surface area contributed by atoms with Crippen LogP contribution in [0.2, 0.25) is 0 Å². The van der Waals surface area contributed by atoms with Gasteiger partial charge in [0.2, 0.25) is 0 Å². The number of nitrogens with zero attached hydrogens (tertiary/aromatic N) is 4. The third-order valence-electron chi connectivity index (χ3n) is 4.50. The molecule has 3 aromatic carbocycles. The number of aromatic nitrogens is 4. The molecule has 0 unspecified atom stereocenters. The van der Waals surface area contributed by atoms with Crippen LogP contribution in [0.4, 0.5) is 4.39 Å². The second kappa shape index (κ2) is 7.05. The molecule has 28 heavy (non-hydrogen) atoms. The lowest BCUT2D eigenvalue weighted by Gasteiger charge is -2.06. The maximum absolute atomic E-state index is 14.0. The van der Waals surface area contributed by atoms with Gasteiger partial charge in [0.1, 0.15) is 5.82 Å². The summed E-state index contributed by atoms with van der Waals surface area (Å²) in [7, 11) is 0. The molecule has 0 bridgehead atoms. The molecule has 0 radical (unpaired) electrons. The first-order valence-corrected chi connectivity index (χ1v) is 9.85. The zero-order valence-corrected chi connectivity index (χ0v) is 15.6. The fraction of sp³-hybridized carbons (Fsp3) is 0.0455. The van der Waals surface area contributed by atoms with E-state index in [-0.39, 0.29) is 5.82 Å². The van der Waals surface area contributed by atoms with Crippen molar-refractivity contribution < 1.29 is 4.39 Å². The Hall–Kier alpha value is -3.25. The van der Waals surface area contributed by atoms with Crippen LogP contribution in [0, 0.1) is 5.82 Å². The maximum atomic E-state index is 14.0. The second-order valence-electron chi connectivity index (χ2n) is 6.33. The van der Waals surface area contributed by atoms with Crippen molar-refractivity contribution in [3.63, 3.8) is 0 Å². The molecule has 2 heterocycles. The summed E-state index contributed by atoms with van der Waals surface area (Å²) in [5, 5.41) is 6.32. The molecule has 5 rings (SSSR count). The fourth-order valence-electron chi connectivity index (χ4n) is 3.09. The van der Waals surface area contributed by atoms with Gasteiger partial charge in [0.05, 0.1) is 5.52 Å². The second-order valence-corrected chi connectivity index (χ2v) is 7.27. The molecule has 5 aromatic rings. The number of para-hydroxylation sites is 1. The van der Waals surface area contributed by atoms with E-state index in [9.17, 15) is 4.39 Å². The molecular formula is C22H15FN4S. The van der Waals surface area contributed by atoms with Gasteiger partial charge in [0, 0.05) is 16.7 Å². The molecule has 0 spiro atoms. The van der Waals surface area contributed by atoms with Crippen molar-refractivity contribution in [3.05, 3.63) is 90.2 Å². The Morgan fingerprint density at radius 3 is 2.43 bits per heavy atom. The van der Waals surface area contributed by atoms with Crippen molar-refractivity contribution in [2.24, 2.45) is 0 Å². The highest BCUT2D eigenvalue weighted by Gasteiger charge is 2.15. The molecule has 2 aromatic heterocycles. The highest BCUT2D eigenvalue weighted by Crippen LogP contribution is 2.28. The number of rotatable bonds is 4. The molecular weight excluding hydrogens is 371 g/mol. The van der Waals surface area contributed by atoms with Crippen LogP contribution in [0.15, 0.2) is 84.0 Å². The van der Waals surface area contributed by atoms with Crippen molar-refractivity contribution in [2.45, 2.75) is 10.9 Å². The zero-order chi connectivity index (χ0) is 18.9. The third-order valence-corrected chi connectivity index (χ3v) is 5.47. The van der Waals surface area contributed by atoms with Gasteiger partial charge in [-0.1, -0.05) is 72.4 Å². The van der Waals surface area contributed by atoms with Crippen LogP contribution < -0.4 is 0 Å². The molecule has 0 atom stereocenters. The Balaban J connectivity index is 1.64. The minimum absolute atomic E-state index is 0.212. The van der Waals surface area contributed by atoms with Crippen molar-refractivity contribution >= 4 is 28.3 Å². The van der Waals surface area contributed by atoms with E-state index in [1.165, 1.54) is 17.8 Å². The Morgan fingerprint density at radius 2 is 1.57 bits per heavy atom. The number of halogens is 1. The maximum Gasteiger partial charge on any atom is 0.191 e. The number of hydrogen-bond acceptors (Lipinski definition) is 4. The van der Waals surface area contributed by atoms with E-state index >= 15 is 0 Å². The normalized spacial score (nSPS) is 11.3. The van der Waals surface area contributed by atoms with Crippen LogP contribution in [0.25, 0.3) is 27.9 Å². The lowest BCUT2D eigenvalue weighted by molar-refractivity contribution is 0.617. The number of thioether (sulfide) groups is 1. The van der Waals surface area contributed by atoms with E-state index in [0.717, 1.165) is 22.1 Å². The van der Waals surface area contributed by atoms with Gasteiger partial charge in [0.15, 0.2) is 16.6 Å². The summed E-state index contributed by atoms with van der Waals surface area (Å²) in [6, 6.07) is 24.5. The smallest absolute Gasteiger partial charge is 0.191 e. The van der Waals surface area contributed by atoms with Gasteiger partial charge in [0.25, 0.3) is 0 Å². The predicted molar refractivity (Wildman–Crippen MR) is 110 cm³/mol. The minimum atomic E-state index is -0.212. The Morgan fingerprint density at radius 1 is 0.821 bits per heavy atom. The topological polar surface area (TPSA) is 43.1 Å². The predicted octanol–water partition coefficient (Wildman–Crippen LogP) is 5.38. The summed E-state index contributed by atoms with van der Waals surface area (Å²) < 4.78 is 15.8. The molecule has 0 saturated carbocycles. The van der Waals surface area contributed by atoms with Crippen LogP contribution in [-0.2, 0) is 5.75 Å².